The molecule has 0 aliphatic carbocycles. The number of carbonyl (C=O) groups is 1. The van der Waals surface area contributed by atoms with Crippen LogP contribution in [-0.2, 0) is 4.79 Å². The van der Waals surface area contributed by atoms with Crippen LogP contribution in [0.4, 0.5) is 5.69 Å². The molecular weight excluding hydrogens is 395 g/mol. The van der Waals surface area contributed by atoms with Crippen LogP contribution in [0, 0.1) is 8.99 Å². The number of carbonyl (C=O) groups excluding carboxylic acids is 1. The van der Waals surface area contributed by atoms with E-state index in [0.29, 0.717) is 0 Å². The number of nitrogens with one attached hydrogen (secondary N) is 1. The number of benzene rings is 1. The van der Waals surface area contributed by atoms with Crippen molar-refractivity contribution < 1.29 is 4.79 Å². The smallest absolute Gasteiger partial charge is 0.241 e. The van der Waals surface area contributed by atoms with Gasteiger partial charge in [0.05, 0.1) is 11.7 Å². The molecule has 3 nitrogen and oxygen atoms in total. The number of anilines is 1. The Morgan fingerprint density at radius 2 is 2.06 bits per heavy atom. The Labute approximate surface area is 124 Å². The summed E-state index contributed by atoms with van der Waals surface area (Å²) in [6, 6.07) is 5.20. The van der Waals surface area contributed by atoms with Gasteiger partial charge in [-0.1, -0.05) is 36.7 Å². The third kappa shape index (κ3) is 4.22. The van der Waals surface area contributed by atoms with Crippen molar-refractivity contribution in [3.63, 3.8) is 0 Å². The maximum Gasteiger partial charge on any atom is 0.241 e. The molecular formula is C12H16BrIN2O. The molecule has 1 aromatic carbocycles. The van der Waals surface area contributed by atoms with Gasteiger partial charge >= 0.3 is 0 Å². The zero-order valence-corrected chi connectivity index (χ0v) is 13.8. The third-order valence-corrected chi connectivity index (χ3v) is 3.84. The van der Waals surface area contributed by atoms with Crippen LogP contribution in [-0.4, -0.2) is 11.9 Å². The van der Waals surface area contributed by atoms with Crippen molar-refractivity contribution in [3.8, 4) is 0 Å². The maximum atomic E-state index is 12.0. The van der Waals surface area contributed by atoms with E-state index in [1.165, 1.54) is 0 Å². The van der Waals surface area contributed by atoms with Crippen LogP contribution in [0.1, 0.15) is 20.8 Å². The van der Waals surface area contributed by atoms with E-state index in [1.807, 2.05) is 39.0 Å². The second-order valence-corrected chi connectivity index (χ2v) is 7.03. The normalized spacial score (nSPS) is 13.3. The summed E-state index contributed by atoms with van der Waals surface area (Å²) >= 11 is 5.56. The first-order chi connectivity index (χ1) is 7.71. The van der Waals surface area contributed by atoms with E-state index in [-0.39, 0.29) is 11.3 Å². The van der Waals surface area contributed by atoms with Gasteiger partial charge in [-0.15, -0.1) is 0 Å². The highest BCUT2D eigenvalue weighted by Gasteiger charge is 2.27. The number of halogens is 2. The molecule has 17 heavy (non-hydrogen) atoms. The molecule has 0 saturated carbocycles. The molecule has 0 radical (unpaired) electrons. The molecule has 5 heteroatoms. The predicted molar refractivity (Wildman–Crippen MR) is 82.9 cm³/mol. The van der Waals surface area contributed by atoms with Crippen molar-refractivity contribution in [1.29, 1.82) is 0 Å². The van der Waals surface area contributed by atoms with Crippen LogP contribution in [0.2, 0.25) is 0 Å². The minimum atomic E-state index is -0.530. The molecule has 0 aliphatic heterocycles. The molecule has 0 spiro atoms. The predicted octanol–water partition coefficient (Wildman–Crippen LogP) is 3.37. The van der Waals surface area contributed by atoms with Crippen LogP contribution in [0.3, 0.4) is 0 Å². The number of hydrogen-bond acceptors (Lipinski definition) is 2. The number of rotatable bonds is 2. The summed E-state index contributed by atoms with van der Waals surface area (Å²) in [6.07, 6.45) is 0. The second-order valence-electron chi connectivity index (χ2n) is 4.96. The van der Waals surface area contributed by atoms with Crippen molar-refractivity contribution in [2.24, 2.45) is 11.1 Å². The Hall–Kier alpha value is -0.140. The van der Waals surface area contributed by atoms with Gasteiger partial charge in [-0.25, -0.2) is 0 Å². The van der Waals surface area contributed by atoms with Gasteiger partial charge in [0, 0.05) is 8.04 Å². The van der Waals surface area contributed by atoms with Gasteiger partial charge in [-0.3, -0.25) is 4.79 Å². The fourth-order valence-electron chi connectivity index (χ4n) is 1.20. The monoisotopic (exact) mass is 410 g/mol. The maximum absolute atomic E-state index is 12.0. The van der Waals surface area contributed by atoms with E-state index in [1.54, 1.807) is 0 Å². The molecule has 0 aliphatic rings. The van der Waals surface area contributed by atoms with Gasteiger partial charge in [0.15, 0.2) is 0 Å². The Morgan fingerprint density at radius 3 is 2.59 bits per heavy atom. The van der Waals surface area contributed by atoms with E-state index in [0.717, 1.165) is 13.7 Å². The van der Waals surface area contributed by atoms with Crippen molar-refractivity contribution in [1.82, 2.24) is 0 Å². The van der Waals surface area contributed by atoms with E-state index < -0.39 is 6.04 Å². The largest absolute Gasteiger partial charge is 0.324 e. The zero-order chi connectivity index (χ0) is 13.2. The lowest BCUT2D eigenvalue weighted by Crippen LogP contribution is -2.45. The van der Waals surface area contributed by atoms with Gasteiger partial charge in [-0.2, -0.15) is 0 Å². The molecule has 1 rings (SSSR count). The molecule has 1 aromatic rings. The summed E-state index contributed by atoms with van der Waals surface area (Å²) in [7, 11) is 0. The number of amides is 1. The van der Waals surface area contributed by atoms with Crippen molar-refractivity contribution in [3.05, 3.63) is 26.2 Å². The van der Waals surface area contributed by atoms with E-state index in [2.05, 4.69) is 43.8 Å². The van der Waals surface area contributed by atoms with Crippen LogP contribution in [0.25, 0.3) is 0 Å². The fraction of sp³-hybridized carbons (Fsp3) is 0.417. The second kappa shape index (κ2) is 5.67. The van der Waals surface area contributed by atoms with E-state index in [4.69, 9.17) is 5.73 Å². The summed E-state index contributed by atoms with van der Waals surface area (Å²) in [6.45, 7) is 5.84. The average Bonchev–Trinajstić information content (AvgIpc) is 2.21. The van der Waals surface area contributed by atoms with E-state index >= 15 is 0 Å². The fourth-order valence-corrected chi connectivity index (χ4v) is 2.03. The van der Waals surface area contributed by atoms with Gasteiger partial charge < -0.3 is 11.1 Å². The first kappa shape index (κ1) is 14.9. The van der Waals surface area contributed by atoms with Gasteiger partial charge in [0.2, 0.25) is 5.91 Å². The Bertz CT molecular complexity index is 429. The number of nitrogens with two attached hydrogens (primary N) is 1. The van der Waals surface area contributed by atoms with Gasteiger partial charge in [0.1, 0.15) is 0 Å². The van der Waals surface area contributed by atoms with Crippen LogP contribution in [0.5, 0.6) is 0 Å². The average molecular weight is 411 g/mol. The lowest BCUT2D eigenvalue weighted by Gasteiger charge is -2.26. The summed E-state index contributed by atoms with van der Waals surface area (Å²) in [4.78, 5) is 12.0. The molecule has 1 amide bonds. The van der Waals surface area contributed by atoms with Crippen LogP contribution in [0.15, 0.2) is 22.7 Å². The Balaban J connectivity index is 2.85. The van der Waals surface area contributed by atoms with Crippen LogP contribution < -0.4 is 11.1 Å². The lowest BCUT2D eigenvalue weighted by molar-refractivity contribution is -0.119. The van der Waals surface area contributed by atoms with Gasteiger partial charge in [-0.05, 0) is 46.2 Å². The standard InChI is InChI=1S/C12H16BrIN2O/c1-12(2,3)10(15)11(17)16-9-6-7(13)4-5-8(9)14/h4-6,10H,15H2,1-3H3,(H,16,17)/t10-/m0/s1. The Kier molecular flexibility index (Phi) is 4.97. The lowest BCUT2D eigenvalue weighted by atomic mass is 9.87. The molecule has 0 heterocycles. The minimum Gasteiger partial charge on any atom is -0.324 e. The van der Waals surface area contributed by atoms with E-state index in [9.17, 15) is 4.79 Å². The summed E-state index contributed by atoms with van der Waals surface area (Å²) < 4.78 is 1.91. The first-order valence-corrected chi connectivity index (χ1v) is 7.10. The molecule has 3 N–H and O–H groups in total. The summed E-state index contributed by atoms with van der Waals surface area (Å²) in [5.74, 6) is -0.159. The summed E-state index contributed by atoms with van der Waals surface area (Å²) in [5, 5.41) is 2.86. The molecule has 0 bridgehead atoms. The highest BCUT2D eigenvalue weighted by molar-refractivity contribution is 14.1. The van der Waals surface area contributed by atoms with Crippen molar-refractivity contribution in [2.45, 2.75) is 26.8 Å². The zero-order valence-electron chi connectivity index (χ0n) is 10.1. The molecule has 0 saturated heterocycles. The molecule has 0 fully saturated rings. The SMILES string of the molecule is CC(C)(C)[C@@H](N)C(=O)Nc1cc(Br)ccc1I. The molecule has 0 unspecified atom stereocenters. The van der Waals surface area contributed by atoms with Gasteiger partial charge in [0.25, 0.3) is 0 Å². The van der Waals surface area contributed by atoms with Crippen molar-refractivity contribution in [2.75, 3.05) is 5.32 Å². The summed E-state index contributed by atoms with van der Waals surface area (Å²) in [5.41, 5.74) is 6.44. The van der Waals surface area contributed by atoms with Crippen molar-refractivity contribution >= 4 is 50.1 Å². The highest BCUT2D eigenvalue weighted by atomic mass is 127. The molecule has 1 atom stereocenters. The first-order valence-electron chi connectivity index (χ1n) is 5.23. The Morgan fingerprint density at radius 1 is 1.47 bits per heavy atom. The minimum absolute atomic E-state index is 0.159. The quantitative estimate of drug-likeness (QED) is 0.734. The highest BCUT2D eigenvalue weighted by Crippen LogP contribution is 2.24. The van der Waals surface area contributed by atoms with Crippen LogP contribution >= 0.6 is 38.5 Å². The number of hydrogen-bond donors (Lipinski definition) is 2. The third-order valence-electron chi connectivity index (χ3n) is 2.40. The topological polar surface area (TPSA) is 55.1 Å². The molecule has 94 valence electrons. The molecule has 0 aromatic heterocycles.